The second-order valence-electron chi connectivity index (χ2n) is 8.10. The lowest BCUT2D eigenvalue weighted by Gasteiger charge is -2.29. The summed E-state index contributed by atoms with van der Waals surface area (Å²) in [5, 5.41) is 11.4. The zero-order valence-corrected chi connectivity index (χ0v) is 18.2. The highest BCUT2D eigenvalue weighted by molar-refractivity contribution is 7.89. The van der Waals surface area contributed by atoms with Gasteiger partial charge in [0.15, 0.2) is 11.5 Å². The van der Waals surface area contributed by atoms with Crippen molar-refractivity contribution < 1.29 is 26.3 Å². The number of anilines is 2. The molecule has 1 aliphatic carbocycles. The Hall–Kier alpha value is -2.19. The van der Waals surface area contributed by atoms with E-state index in [1.807, 2.05) is 0 Å². The van der Waals surface area contributed by atoms with Gasteiger partial charge in [0.25, 0.3) is 0 Å². The number of sulfonamides is 1. The van der Waals surface area contributed by atoms with E-state index < -0.39 is 28.4 Å². The van der Waals surface area contributed by atoms with Gasteiger partial charge >= 0.3 is 6.18 Å². The van der Waals surface area contributed by atoms with Crippen LogP contribution in [0.25, 0.3) is 11.0 Å². The van der Waals surface area contributed by atoms with Crippen LogP contribution in [0.3, 0.4) is 0 Å². The summed E-state index contributed by atoms with van der Waals surface area (Å²) >= 11 is 0. The van der Waals surface area contributed by atoms with Crippen molar-refractivity contribution in [3.63, 3.8) is 0 Å². The summed E-state index contributed by atoms with van der Waals surface area (Å²) in [5.41, 5.74) is 0.620. The summed E-state index contributed by atoms with van der Waals surface area (Å²) in [6.45, 7) is 2.80. The molecule has 4 rings (SSSR count). The van der Waals surface area contributed by atoms with Crippen molar-refractivity contribution in [2.24, 2.45) is 0 Å². The van der Waals surface area contributed by atoms with Crippen LogP contribution < -0.4 is 14.9 Å². The van der Waals surface area contributed by atoms with Gasteiger partial charge in [-0.25, -0.2) is 18.1 Å². The fraction of sp³-hybridized carbons (Fsp3) is 0.722. The molecule has 178 valence electrons. The molecule has 2 aromatic rings. The van der Waals surface area contributed by atoms with Crippen LogP contribution in [0.1, 0.15) is 32.1 Å². The summed E-state index contributed by atoms with van der Waals surface area (Å²) < 4.78 is 68.4. The Morgan fingerprint density at radius 2 is 1.84 bits per heavy atom. The van der Waals surface area contributed by atoms with Crippen molar-refractivity contribution in [1.82, 2.24) is 24.9 Å². The van der Waals surface area contributed by atoms with Crippen LogP contribution >= 0.6 is 0 Å². The van der Waals surface area contributed by atoms with Crippen LogP contribution in [0.15, 0.2) is 6.20 Å². The number of ether oxygens (including phenoxy) is 1. The maximum atomic E-state index is 12.3. The Morgan fingerprint density at radius 3 is 2.53 bits per heavy atom. The fourth-order valence-corrected chi connectivity index (χ4v) is 5.35. The molecule has 32 heavy (non-hydrogen) atoms. The number of nitrogens with zero attached hydrogens (tertiary/aromatic N) is 4. The Labute approximate surface area is 183 Å². The number of morpholine rings is 1. The van der Waals surface area contributed by atoms with E-state index in [0.29, 0.717) is 50.5 Å². The van der Waals surface area contributed by atoms with E-state index in [9.17, 15) is 21.6 Å². The minimum Gasteiger partial charge on any atom is -0.378 e. The van der Waals surface area contributed by atoms with Gasteiger partial charge in [-0.05, 0) is 25.7 Å². The molecule has 0 bridgehead atoms. The van der Waals surface area contributed by atoms with Crippen molar-refractivity contribution in [3.05, 3.63) is 6.20 Å². The molecule has 0 aromatic carbocycles. The number of nitrogens with one attached hydrogen (secondary N) is 3. The Bertz CT molecular complexity index is 1020. The maximum Gasteiger partial charge on any atom is 0.390 e. The SMILES string of the molecule is O=S(=O)(CCC(F)(F)F)NC1CCC(Nc2ncc3c(N4CCOCC4)n[nH]c3n2)CC1. The largest absolute Gasteiger partial charge is 0.390 e. The van der Waals surface area contributed by atoms with Gasteiger partial charge in [-0.3, -0.25) is 5.10 Å². The number of fused-ring (bicyclic) bond motifs is 1. The second-order valence-corrected chi connectivity index (χ2v) is 9.97. The predicted molar refractivity (Wildman–Crippen MR) is 112 cm³/mol. The highest BCUT2D eigenvalue weighted by Crippen LogP contribution is 2.26. The molecule has 0 atom stereocenters. The molecule has 0 radical (unpaired) electrons. The molecular formula is C18H26F3N7O3S. The van der Waals surface area contributed by atoms with E-state index >= 15 is 0 Å². The van der Waals surface area contributed by atoms with E-state index in [1.54, 1.807) is 6.20 Å². The average molecular weight is 478 g/mol. The molecule has 3 heterocycles. The summed E-state index contributed by atoms with van der Waals surface area (Å²) in [6, 6.07) is -0.316. The summed E-state index contributed by atoms with van der Waals surface area (Å²) in [7, 11) is -3.96. The van der Waals surface area contributed by atoms with Crippen LogP contribution in [-0.2, 0) is 14.8 Å². The lowest BCUT2D eigenvalue weighted by molar-refractivity contribution is -0.130. The first-order chi connectivity index (χ1) is 15.2. The molecule has 14 heteroatoms. The van der Waals surface area contributed by atoms with Gasteiger partial charge in [0, 0.05) is 31.4 Å². The Kier molecular flexibility index (Phi) is 6.72. The summed E-state index contributed by atoms with van der Waals surface area (Å²) in [5.74, 6) is 0.302. The number of alkyl halides is 3. The monoisotopic (exact) mass is 477 g/mol. The van der Waals surface area contributed by atoms with Crippen molar-refractivity contribution in [2.75, 3.05) is 42.3 Å². The van der Waals surface area contributed by atoms with Crippen molar-refractivity contribution in [2.45, 2.75) is 50.4 Å². The summed E-state index contributed by atoms with van der Waals surface area (Å²) in [4.78, 5) is 11.0. The highest BCUT2D eigenvalue weighted by Gasteiger charge is 2.31. The molecule has 2 aromatic heterocycles. The fourth-order valence-electron chi connectivity index (χ4n) is 3.98. The lowest BCUT2D eigenvalue weighted by Crippen LogP contribution is -2.41. The highest BCUT2D eigenvalue weighted by atomic mass is 32.2. The van der Waals surface area contributed by atoms with Gasteiger partial charge in [0.1, 0.15) is 0 Å². The topological polar surface area (TPSA) is 125 Å². The maximum absolute atomic E-state index is 12.3. The third kappa shape index (κ3) is 5.98. The molecule has 0 spiro atoms. The first-order valence-corrected chi connectivity index (χ1v) is 12.2. The van der Waals surface area contributed by atoms with E-state index in [4.69, 9.17) is 4.74 Å². The zero-order valence-electron chi connectivity index (χ0n) is 17.4. The molecule has 3 N–H and O–H groups in total. The third-order valence-electron chi connectivity index (χ3n) is 5.67. The standard InChI is InChI=1S/C18H26F3N7O3S/c19-18(20,21)5-10-32(29,30)27-13-3-1-12(2-4-13)23-17-22-11-14-15(24-17)25-26-16(14)28-6-8-31-9-7-28/h11-13,27H,1-10H2,(H2,22,23,24,25,26). The molecule has 0 amide bonds. The lowest BCUT2D eigenvalue weighted by atomic mass is 9.92. The van der Waals surface area contributed by atoms with Gasteiger partial charge in [0.2, 0.25) is 16.0 Å². The van der Waals surface area contributed by atoms with Crippen LogP contribution in [0.5, 0.6) is 0 Å². The number of aromatic amines is 1. The van der Waals surface area contributed by atoms with Crippen LogP contribution in [-0.4, -0.2) is 78.9 Å². The van der Waals surface area contributed by atoms with Gasteiger partial charge in [-0.15, -0.1) is 0 Å². The molecule has 1 aliphatic heterocycles. The minimum absolute atomic E-state index is 0.0463. The van der Waals surface area contributed by atoms with Crippen molar-refractivity contribution in [1.29, 1.82) is 0 Å². The smallest absolute Gasteiger partial charge is 0.378 e. The van der Waals surface area contributed by atoms with E-state index in [2.05, 4.69) is 35.1 Å². The number of hydrogen-bond donors (Lipinski definition) is 3. The molecule has 2 aliphatic rings. The second kappa shape index (κ2) is 9.35. The molecule has 2 fully saturated rings. The molecule has 0 unspecified atom stereocenters. The predicted octanol–water partition coefficient (Wildman–Crippen LogP) is 1.78. The van der Waals surface area contributed by atoms with Crippen molar-refractivity contribution >= 4 is 32.8 Å². The van der Waals surface area contributed by atoms with Crippen LogP contribution in [0, 0.1) is 0 Å². The molecular weight excluding hydrogens is 451 g/mol. The van der Waals surface area contributed by atoms with Gasteiger partial charge < -0.3 is 15.0 Å². The van der Waals surface area contributed by atoms with E-state index in [0.717, 1.165) is 24.3 Å². The molecule has 1 saturated heterocycles. The quantitative estimate of drug-likeness (QED) is 0.551. The number of halogens is 3. The van der Waals surface area contributed by atoms with Crippen LogP contribution in [0.2, 0.25) is 0 Å². The van der Waals surface area contributed by atoms with E-state index in [1.165, 1.54) is 0 Å². The number of rotatable bonds is 7. The van der Waals surface area contributed by atoms with Gasteiger partial charge in [-0.2, -0.15) is 23.3 Å². The zero-order chi connectivity index (χ0) is 22.8. The first kappa shape index (κ1) is 23.0. The Balaban J connectivity index is 1.29. The minimum atomic E-state index is -4.49. The summed E-state index contributed by atoms with van der Waals surface area (Å²) in [6.07, 6.45) is -1.77. The molecule has 1 saturated carbocycles. The van der Waals surface area contributed by atoms with E-state index in [-0.39, 0.29) is 12.1 Å². The van der Waals surface area contributed by atoms with Crippen molar-refractivity contribution in [3.8, 4) is 0 Å². The third-order valence-corrected chi connectivity index (χ3v) is 7.10. The van der Waals surface area contributed by atoms with Crippen LogP contribution in [0.4, 0.5) is 24.9 Å². The van der Waals surface area contributed by atoms with Gasteiger partial charge in [-0.1, -0.05) is 0 Å². The average Bonchev–Trinajstić information content (AvgIpc) is 3.17. The Morgan fingerprint density at radius 1 is 1.16 bits per heavy atom. The van der Waals surface area contributed by atoms with Gasteiger partial charge in [0.05, 0.1) is 30.8 Å². The number of hydrogen-bond acceptors (Lipinski definition) is 8. The number of H-pyrrole nitrogens is 1. The normalized spacial score (nSPS) is 22.9. The first-order valence-electron chi connectivity index (χ1n) is 10.6. The number of aromatic nitrogens is 4. The molecule has 10 nitrogen and oxygen atoms in total.